The molecule has 0 atom stereocenters. The third-order valence-corrected chi connectivity index (χ3v) is 4.28. The Balaban J connectivity index is 1.99. The number of carbonyl (C=O) groups is 1. The van der Waals surface area contributed by atoms with Crippen molar-refractivity contribution in [2.75, 3.05) is 5.73 Å². The number of benzene rings is 2. The molecular formula is C18H19NO. The molecule has 0 unspecified atom stereocenters. The fourth-order valence-corrected chi connectivity index (χ4v) is 2.75. The van der Waals surface area contributed by atoms with E-state index in [0.717, 1.165) is 22.4 Å². The molecule has 0 amide bonds. The first-order chi connectivity index (χ1) is 9.66. The predicted molar refractivity (Wildman–Crippen MR) is 82.1 cm³/mol. The zero-order chi connectivity index (χ0) is 14.1. The van der Waals surface area contributed by atoms with Gasteiger partial charge in [-0.1, -0.05) is 30.7 Å². The number of hydrogen-bond acceptors (Lipinski definition) is 2. The normalized spacial score (nSPS) is 14.8. The van der Waals surface area contributed by atoms with E-state index in [4.69, 9.17) is 5.73 Å². The molecule has 2 N–H and O–H groups in total. The molecule has 0 spiro atoms. The van der Waals surface area contributed by atoms with Crippen LogP contribution >= 0.6 is 0 Å². The molecule has 0 heterocycles. The van der Waals surface area contributed by atoms with Gasteiger partial charge in [-0.05, 0) is 55.0 Å². The first-order valence-electron chi connectivity index (χ1n) is 7.16. The van der Waals surface area contributed by atoms with Crippen LogP contribution in [0.5, 0.6) is 0 Å². The van der Waals surface area contributed by atoms with Crippen LogP contribution in [-0.4, -0.2) is 5.78 Å². The van der Waals surface area contributed by atoms with Gasteiger partial charge in [-0.2, -0.15) is 0 Å². The van der Waals surface area contributed by atoms with E-state index >= 15 is 0 Å². The van der Waals surface area contributed by atoms with Crippen LogP contribution in [0.25, 0.3) is 0 Å². The van der Waals surface area contributed by atoms with Crippen LogP contribution in [0, 0.1) is 6.92 Å². The van der Waals surface area contributed by atoms with E-state index in [9.17, 15) is 4.79 Å². The number of nitrogen functional groups attached to an aromatic ring is 1. The largest absolute Gasteiger partial charge is 0.399 e. The Morgan fingerprint density at radius 3 is 2.55 bits per heavy atom. The third-order valence-electron chi connectivity index (χ3n) is 4.28. The van der Waals surface area contributed by atoms with Crippen LogP contribution in [0.2, 0.25) is 0 Å². The van der Waals surface area contributed by atoms with E-state index in [0.29, 0.717) is 5.92 Å². The lowest BCUT2D eigenvalue weighted by Crippen LogP contribution is -2.14. The van der Waals surface area contributed by atoms with Crippen molar-refractivity contribution < 1.29 is 4.79 Å². The quantitative estimate of drug-likeness (QED) is 0.671. The maximum absolute atomic E-state index is 12.7. The monoisotopic (exact) mass is 265 g/mol. The van der Waals surface area contributed by atoms with E-state index in [1.165, 1.54) is 24.8 Å². The van der Waals surface area contributed by atoms with Crippen molar-refractivity contribution in [3.05, 3.63) is 64.7 Å². The second-order valence-corrected chi connectivity index (χ2v) is 5.62. The van der Waals surface area contributed by atoms with Gasteiger partial charge >= 0.3 is 0 Å². The number of aryl methyl sites for hydroxylation is 1. The highest BCUT2D eigenvalue weighted by Gasteiger charge is 2.24. The smallest absolute Gasteiger partial charge is 0.193 e. The van der Waals surface area contributed by atoms with Gasteiger partial charge in [-0.15, -0.1) is 0 Å². The number of hydrogen-bond donors (Lipinski definition) is 1. The highest BCUT2D eigenvalue weighted by molar-refractivity contribution is 6.10. The highest BCUT2D eigenvalue weighted by Crippen LogP contribution is 2.38. The van der Waals surface area contributed by atoms with Gasteiger partial charge in [-0.25, -0.2) is 0 Å². The molecule has 0 bridgehead atoms. The molecule has 0 aromatic heterocycles. The van der Waals surface area contributed by atoms with E-state index in [-0.39, 0.29) is 5.78 Å². The second-order valence-electron chi connectivity index (χ2n) is 5.62. The molecule has 0 radical (unpaired) electrons. The Hall–Kier alpha value is -2.09. The second kappa shape index (κ2) is 5.12. The van der Waals surface area contributed by atoms with Gasteiger partial charge in [0, 0.05) is 16.8 Å². The Kier molecular flexibility index (Phi) is 3.31. The Bertz CT molecular complexity index is 656. The average Bonchev–Trinajstić information content (AvgIpc) is 2.40. The third kappa shape index (κ3) is 2.22. The molecule has 3 rings (SSSR count). The van der Waals surface area contributed by atoms with E-state index < -0.39 is 0 Å². The van der Waals surface area contributed by atoms with Crippen LogP contribution in [0.1, 0.15) is 52.2 Å². The molecule has 1 fully saturated rings. The van der Waals surface area contributed by atoms with E-state index in [1.54, 1.807) is 0 Å². The molecule has 1 aliphatic carbocycles. The Morgan fingerprint density at radius 2 is 1.90 bits per heavy atom. The van der Waals surface area contributed by atoms with Crippen LogP contribution in [0.4, 0.5) is 5.69 Å². The van der Waals surface area contributed by atoms with Gasteiger partial charge in [0.05, 0.1) is 0 Å². The van der Waals surface area contributed by atoms with E-state index in [1.807, 2.05) is 43.3 Å². The van der Waals surface area contributed by atoms with Crippen molar-refractivity contribution in [3.63, 3.8) is 0 Å². The van der Waals surface area contributed by atoms with Crippen molar-refractivity contribution >= 4 is 11.5 Å². The fourth-order valence-electron chi connectivity index (χ4n) is 2.75. The number of carbonyl (C=O) groups excluding carboxylic acids is 1. The van der Waals surface area contributed by atoms with Gasteiger partial charge in [0.15, 0.2) is 5.78 Å². The lowest BCUT2D eigenvalue weighted by Gasteiger charge is -2.27. The van der Waals surface area contributed by atoms with Gasteiger partial charge < -0.3 is 5.73 Å². The summed E-state index contributed by atoms with van der Waals surface area (Å²) in [5.41, 5.74) is 10.3. The predicted octanol–water partition coefficient (Wildman–Crippen LogP) is 4.08. The summed E-state index contributed by atoms with van der Waals surface area (Å²) in [4.78, 5) is 12.7. The average molecular weight is 265 g/mol. The van der Waals surface area contributed by atoms with Crippen LogP contribution in [0.15, 0.2) is 42.5 Å². The highest BCUT2D eigenvalue weighted by atomic mass is 16.1. The zero-order valence-corrected chi connectivity index (χ0v) is 11.7. The van der Waals surface area contributed by atoms with Gasteiger partial charge in [0.2, 0.25) is 0 Å². The van der Waals surface area contributed by atoms with Crippen molar-refractivity contribution in [1.29, 1.82) is 0 Å². The molecule has 2 nitrogen and oxygen atoms in total. The molecule has 0 aliphatic heterocycles. The summed E-state index contributed by atoms with van der Waals surface area (Å²) < 4.78 is 0. The summed E-state index contributed by atoms with van der Waals surface area (Å²) in [6.07, 6.45) is 3.67. The molecule has 1 aliphatic rings. The molecule has 1 saturated carbocycles. The SMILES string of the molecule is Cc1cc(C(=O)c2ccccc2C2CCC2)ccc1N. The Morgan fingerprint density at radius 1 is 1.15 bits per heavy atom. The molecule has 2 aromatic carbocycles. The minimum atomic E-state index is 0.107. The summed E-state index contributed by atoms with van der Waals surface area (Å²) in [5.74, 6) is 0.667. The maximum Gasteiger partial charge on any atom is 0.193 e. The van der Waals surface area contributed by atoms with Crippen LogP contribution in [0.3, 0.4) is 0 Å². The van der Waals surface area contributed by atoms with E-state index in [2.05, 4.69) is 6.07 Å². The first-order valence-corrected chi connectivity index (χ1v) is 7.16. The van der Waals surface area contributed by atoms with Gasteiger partial charge in [0.25, 0.3) is 0 Å². The first kappa shape index (κ1) is 12.9. The lowest BCUT2D eigenvalue weighted by atomic mass is 9.77. The topological polar surface area (TPSA) is 43.1 Å². The standard InChI is InChI=1S/C18H19NO/c1-12-11-14(9-10-17(12)19)18(20)16-8-3-2-7-15(16)13-5-4-6-13/h2-3,7-11,13H,4-6,19H2,1H3. The molecule has 102 valence electrons. The van der Waals surface area contributed by atoms with Crippen molar-refractivity contribution in [2.24, 2.45) is 0 Å². The van der Waals surface area contributed by atoms with Gasteiger partial charge in [0.1, 0.15) is 0 Å². The van der Waals surface area contributed by atoms with Crippen LogP contribution < -0.4 is 5.73 Å². The van der Waals surface area contributed by atoms with Crippen molar-refractivity contribution in [2.45, 2.75) is 32.1 Å². The number of anilines is 1. The molecule has 2 aromatic rings. The van der Waals surface area contributed by atoms with Crippen molar-refractivity contribution in [3.8, 4) is 0 Å². The summed E-state index contributed by atoms with van der Waals surface area (Å²) >= 11 is 0. The summed E-state index contributed by atoms with van der Waals surface area (Å²) in [6.45, 7) is 1.93. The molecule has 0 saturated heterocycles. The number of ketones is 1. The summed E-state index contributed by atoms with van der Waals surface area (Å²) in [5, 5.41) is 0. The fraction of sp³-hybridized carbons (Fsp3) is 0.278. The maximum atomic E-state index is 12.7. The summed E-state index contributed by atoms with van der Waals surface area (Å²) in [7, 11) is 0. The lowest BCUT2D eigenvalue weighted by molar-refractivity contribution is 0.103. The Labute approximate surface area is 119 Å². The minimum absolute atomic E-state index is 0.107. The van der Waals surface area contributed by atoms with Crippen LogP contribution in [-0.2, 0) is 0 Å². The number of rotatable bonds is 3. The van der Waals surface area contributed by atoms with Gasteiger partial charge in [-0.3, -0.25) is 4.79 Å². The summed E-state index contributed by atoms with van der Waals surface area (Å²) in [6, 6.07) is 13.5. The zero-order valence-electron chi connectivity index (χ0n) is 11.7. The molecule has 2 heteroatoms. The number of nitrogens with two attached hydrogens (primary N) is 1. The van der Waals surface area contributed by atoms with Crippen molar-refractivity contribution in [1.82, 2.24) is 0 Å². The molecular weight excluding hydrogens is 246 g/mol. The minimum Gasteiger partial charge on any atom is -0.399 e. The molecule has 20 heavy (non-hydrogen) atoms.